The summed E-state index contributed by atoms with van der Waals surface area (Å²) >= 11 is 3.55. The van der Waals surface area contributed by atoms with Crippen LogP contribution in [0.3, 0.4) is 0 Å². The van der Waals surface area contributed by atoms with Crippen molar-refractivity contribution in [3.05, 3.63) is 29.7 Å². The van der Waals surface area contributed by atoms with E-state index in [0.717, 1.165) is 38.8 Å². The molecule has 30 heavy (non-hydrogen) atoms. The lowest BCUT2D eigenvalue weighted by Gasteiger charge is -2.39. The van der Waals surface area contributed by atoms with Gasteiger partial charge in [0.05, 0.1) is 5.52 Å². The largest absolute Gasteiger partial charge is 0.505 e. The summed E-state index contributed by atoms with van der Waals surface area (Å²) in [5.41, 5.74) is 0.914. The number of piperidine rings is 1. The predicted octanol–water partition coefficient (Wildman–Crippen LogP) is 4.54. The van der Waals surface area contributed by atoms with Crippen LogP contribution in [0.15, 0.2) is 18.2 Å². The number of unbranched alkanes of at least 4 members (excludes halogenated alkanes) is 1. The number of aromatic nitrogens is 1. The monoisotopic (exact) mass is 483 g/mol. The van der Waals surface area contributed by atoms with Gasteiger partial charge < -0.3 is 19.3 Å². The summed E-state index contributed by atoms with van der Waals surface area (Å²) in [5.74, 6) is -0.784. The maximum atomic E-state index is 13.9. The van der Waals surface area contributed by atoms with Crippen LogP contribution in [0.5, 0.6) is 5.75 Å². The Morgan fingerprint density at radius 2 is 2.17 bits per heavy atom. The topological polar surface area (TPSA) is 57.9 Å². The number of aromatic hydroxyl groups is 1. The molecule has 0 aliphatic carbocycles. The predicted molar refractivity (Wildman–Crippen MR) is 119 cm³/mol. The first-order valence-electron chi connectivity index (χ1n) is 10.6. The third kappa shape index (κ3) is 4.81. The van der Waals surface area contributed by atoms with Gasteiger partial charge in [-0.05, 0) is 57.7 Å². The SMILES string of the molecule is COCCCCn1c(C(=O)N(C(C)C)[C@@H]2CCCN(Br)C2)c(O)c2cc(F)ccc21. The number of hydrogen-bond donors (Lipinski definition) is 1. The van der Waals surface area contributed by atoms with Crippen LogP contribution >= 0.6 is 16.1 Å². The molecule has 1 amide bonds. The number of carbonyl (C=O) groups is 1. The number of carbonyl (C=O) groups excluding carboxylic acids is 1. The zero-order chi connectivity index (χ0) is 21.8. The summed E-state index contributed by atoms with van der Waals surface area (Å²) in [6.07, 6.45) is 3.52. The first-order valence-corrected chi connectivity index (χ1v) is 11.3. The van der Waals surface area contributed by atoms with Gasteiger partial charge in [-0.15, -0.1) is 0 Å². The summed E-state index contributed by atoms with van der Waals surface area (Å²) in [5, 5.41) is 11.3. The van der Waals surface area contributed by atoms with E-state index in [-0.39, 0.29) is 29.4 Å². The maximum absolute atomic E-state index is 13.9. The van der Waals surface area contributed by atoms with Crippen molar-refractivity contribution in [1.82, 2.24) is 13.4 Å². The molecule has 2 heterocycles. The number of nitrogens with zero attached hydrogens (tertiary/aromatic N) is 3. The van der Waals surface area contributed by atoms with Crippen molar-refractivity contribution < 1.29 is 19.0 Å². The Hall–Kier alpha value is -1.64. The third-order valence-electron chi connectivity index (χ3n) is 5.71. The molecule has 1 aliphatic rings. The highest BCUT2D eigenvalue weighted by Gasteiger charge is 2.34. The molecule has 0 bridgehead atoms. The molecule has 0 radical (unpaired) electrons. The van der Waals surface area contributed by atoms with Gasteiger partial charge in [0.1, 0.15) is 5.82 Å². The number of amides is 1. The average molecular weight is 484 g/mol. The van der Waals surface area contributed by atoms with Gasteiger partial charge in [0.2, 0.25) is 0 Å². The van der Waals surface area contributed by atoms with E-state index in [1.54, 1.807) is 13.2 Å². The Kier molecular flexibility index (Phi) is 7.76. The minimum absolute atomic E-state index is 0.0300. The van der Waals surface area contributed by atoms with E-state index in [4.69, 9.17) is 4.74 Å². The van der Waals surface area contributed by atoms with Crippen molar-refractivity contribution in [3.8, 4) is 5.75 Å². The number of fused-ring (bicyclic) bond motifs is 1. The molecule has 1 aromatic carbocycles. The molecule has 6 nitrogen and oxygen atoms in total. The fourth-order valence-electron chi connectivity index (χ4n) is 4.36. The van der Waals surface area contributed by atoms with Gasteiger partial charge in [-0.3, -0.25) is 4.79 Å². The Labute approximate surface area is 185 Å². The van der Waals surface area contributed by atoms with Crippen LogP contribution in [0, 0.1) is 5.82 Å². The van der Waals surface area contributed by atoms with Crippen LogP contribution in [-0.4, -0.2) is 63.3 Å². The van der Waals surface area contributed by atoms with Crippen molar-refractivity contribution in [3.63, 3.8) is 0 Å². The summed E-state index contributed by atoms with van der Waals surface area (Å²) in [4.78, 5) is 15.6. The Balaban J connectivity index is 2.02. The Morgan fingerprint density at radius 3 is 2.83 bits per heavy atom. The van der Waals surface area contributed by atoms with Crippen LogP contribution in [0.25, 0.3) is 10.9 Å². The van der Waals surface area contributed by atoms with E-state index in [1.165, 1.54) is 12.1 Å². The minimum atomic E-state index is -0.434. The van der Waals surface area contributed by atoms with E-state index >= 15 is 0 Å². The highest BCUT2D eigenvalue weighted by atomic mass is 79.9. The van der Waals surface area contributed by atoms with Gasteiger partial charge in [0, 0.05) is 67.0 Å². The second-order valence-electron chi connectivity index (χ2n) is 8.18. The van der Waals surface area contributed by atoms with Crippen molar-refractivity contribution in [2.24, 2.45) is 0 Å². The average Bonchev–Trinajstić information content (AvgIpc) is 2.96. The molecule has 0 spiro atoms. The molecule has 8 heteroatoms. The Morgan fingerprint density at radius 1 is 1.40 bits per heavy atom. The fraction of sp³-hybridized carbons (Fsp3) is 0.591. The number of methoxy groups -OCH3 is 1. The van der Waals surface area contributed by atoms with E-state index in [9.17, 15) is 14.3 Å². The molecular weight excluding hydrogens is 453 g/mol. The van der Waals surface area contributed by atoms with Gasteiger partial charge in [0.15, 0.2) is 11.4 Å². The molecule has 0 saturated carbocycles. The second kappa shape index (κ2) is 10.1. The lowest BCUT2D eigenvalue weighted by Crippen LogP contribution is -2.51. The highest BCUT2D eigenvalue weighted by molar-refractivity contribution is 9.07. The van der Waals surface area contributed by atoms with E-state index in [2.05, 4.69) is 20.1 Å². The summed E-state index contributed by atoms with van der Waals surface area (Å²) in [6.45, 7) is 6.84. The van der Waals surface area contributed by atoms with Gasteiger partial charge in [0.25, 0.3) is 5.91 Å². The number of ether oxygens (including phenoxy) is 1. The van der Waals surface area contributed by atoms with Crippen LogP contribution < -0.4 is 0 Å². The van der Waals surface area contributed by atoms with E-state index in [1.807, 2.05) is 23.3 Å². The van der Waals surface area contributed by atoms with Gasteiger partial charge >= 0.3 is 0 Å². The Bertz CT molecular complexity index is 886. The smallest absolute Gasteiger partial charge is 0.274 e. The zero-order valence-electron chi connectivity index (χ0n) is 17.9. The lowest BCUT2D eigenvalue weighted by molar-refractivity contribution is 0.0524. The van der Waals surface area contributed by atoms with Crippen LogP contribution in [-0.2, 0) is 11.3 Å². The second-order valence-corrected chi connectivity index (χ2v) is 9.18. The number of halogens is 2. The van der Waals surface area contributed by atoms with Crippen LogP contribution in [0.2, 0.25) is 0 Å². The molecule has 1 saturated heterocycles. The third-order valence-corrected chi connectivity index (χ3v) is 6.36. The molecule has 1 aromatic heterocycles. The molecule has 1 N–H and O–H groups in total. The minimum Gasteiger partial charge on any atom is -0.505 e. The molecule has 2 aromatic rings. The van der Waals surface area contributed by atoms with Crippen molar-refractivity contribution in [2.45, 2.75) is 58.2 Å². The quantitative estimate of drug-likeness (QED) is 0.442. The van der Waals surface area contributed by atoms with Crippen molar-refractivity contribution in [1.29, 1.82) is 0 Å². The van der Waals surface area contributed by atoms with Gasteiger partial charge in [-0.1, -0.05) is 0 Å². The molecule has 3 rings (SSSR count). The normalized spacial score (nSPS) is 17.7. The summed E-state index contributed by atoms with van der Waals surface area (Å²) < 4.78 is 22.9. The lowest BCUT2D eigenvalue weighted by atomic mass is 10.0. The number of aryl methyl sites for hydroxylation is 1. The molecular formula is C22H31BrFN3O3. The number of rotatable bonds is 8. The van der Waals surface area contributed by atoms with Gasteiger partial charge in [-0.25, -0.2) is 8.32 Å². The fourth-order valence-corrected chi connectivity index (χ4v) is 4.94. The van der Waals surface area contributed by atoms with Crippen molar-refractivity contribution >= 4 is 33.0 Å². The van der Waals surface area contributed by atoms with E-state index < -0.39 is 5.82 Å². The maximum Gasteiger partial charge on any atom is 0.274 e. The first-order chi connectivity index (χ1) is 14.3. The van der Waals surface area contributed by atoms with Crippen LogP contribution in [0.4, 0.5) is 4.39 Å². The number of benzene rings is 1. The highest BCUT2D eigenvalue weighted by Crippen LogP contribution is 2.35. The molecule has 0 unspecified atom stereocenters. The molecule has 1 fully saturated rings. The van der Waals surface area contributed by atoms with Crippen LogP contribution in [0.1, 0.15) is 50.0 Å². The molecule has 166 valence electrons. The molecule has 1 aliphatic heterocycles. The van der Waals surface area contributed by atoms with E-state index in [0.29, 0.717) is 24.1 Å². The van der Waals surface area contributed by atoms with Crippen molar-refractivity contribution in [2.75, 3.05) is 26.8 Å². The summed E-state index contributed by atoms with van der Waals surface area (Å²) in [6, 6.07) is 4.32. The molecule has 1 atom stereocenters. The summed E-state index contributed by atoms with van der Waals surface area (Å²) in [7, 11) is 1.66. The standard InChI is InChI=1S/C22H31BrFN3O3/c1-15(2)27(17-7-6-10-25(23)14-17)22(29)20-21(28)18-13-16(24)8-9-19(18)26(20)11-4-5-12-30-3/h8-9,13,15,17,28H,4-7,10-12,14H2,1-3H3/t17-/m1/s1. The first kappa shape index (κ1) is 23.0. The zero-order valence-corrected chi connectivity index (χ0v) is 19.5. The number of hydrogen-bond acceptors (Lipinski definition) is 4. The van der Waals surface area contributed by atoms with Gasteiger partial charge in [-0.2, -0.15) is 0 Å².